The highest BCUT2D eigenvalue weighted by Gasteiger charge is 2.28. The number of amides is 1. The summed E-state index contributed by atoms with van der Waals surface area (Å²) in [4.78, 5) is 16.1. The van der Waals surface area contributed by atoms with Crippen molar-refractivity contribution in [2.75, 3.05) is 13.2 Å². The standard InChI is InChI=1S/C19H19F3N4O2/c1-2-23-18(27)14-5-3-4-6-16-15(14)11-26(25-16)10-13-7-8-24-17(9-13)28-12-19(20,21)22/h4-9,11H,2-3,10,12H2,1H3,(H,23,27). The molecule has 0 spiro atoms. The molecule has 0 unspecified atom stereocenters. The van der Waals surface area contributed by atoms with Gasteiger partial charge < -0.3 is 10.1 Å². The van der Waals surface area contributed by atoms with Gasteiger partial charge >= 0.3 is 6.18 Å². The molecule has 1 aliphatic carbocycles. The van der Waals surface area contributed by atoms with Crippen LogP contribution in [0.2, 0.25) is 0 Å². The number of nitrogens with zero attached hydrogens (tertiary/aromatic N) is 3. The molecule has 9 heteroatoms. The summed E-state index contributed by atoms with van der Waals surface area (Å²) < 4.78 is 43.2. The monoisotopic (exact) mass is 392 g/mol. The van der Waals surface area contributed by atoms with Crippen molar-refractivity contribution < 1.29 is 22.7 Å². The number of nitrogens with one attached hydrogen (secondary N) is 1. The number of hydrogen-bond acceptors (Lipinski definition) is 4. The van der Waals surface area contributed by atoms with Crippen molar-refractivity contribution in [1.29, 1.82) is 0 Å². The minimum atomic E-state index is -4.43. The van der Waals surface area contributed by atoms with Gasteiger partial charge in [0.25, 0.3) is 5.91 Å². The van der Waals surface area contributed by atoms with Crippen LogP contribution in [-0.2, 0) is 11.3 Å². The molecule has 6 nitrogen and oxygen atoms in total. The molecule has 0 aliphatic heterocycles. The molecule has 2 heterocycles. The summed E-state index contributed by atoms with van der Waals surface area (Å²) in [7, 11) is 0. The second-order valence-corrected chi connectivity index (χ2v) is 6.15. The van der Waals surface area contributed by atoms with Crippen molar-refractivity contribution in [2.24, 2.45) is 0 Å². The zero-order chi connectivity index (χ0) is 20.1. The molecule has 0 saturated carbocycles. The van der Waals surface area contributed by atoms with Crippen LogP contribution in [0.3, 0.4) is 0 Å². The van der Waals surface area contributed by atoms with Gasteiger partial charge in [0.05, 0.1) is 12.2 Å². The van der Waals surface area contributed by atoms with E-state index in [0.29, 0.717) is 41.9 Å². The van der Waals surface area contributed by atoms with E-state index in [1.165, 1.54) is 12.3 Å². The fraction of sp³-hybridized carbons (Fsp3) is 0.316. The van der Waals surface area contributed by atoms with E-state index in [0.717, 1.165) is 0 Å². The Morgan fingerprint density at radius 3 is 2.96 bits per heavy atom. The van der Waals surface area contributed by atoms with Crippen LogP contribution in [0, 0.1) is 0 Å². The zero-order valence-corrected chi connectivity index (χ0v) is 15.2. The Bertz CT molecular complexity index is 916. The number of carbonyl (C=O) groups is 1. The van der Waals surface area contributed by atoms with Crippen molar-refractivity contribution >= 4 is 17.6 Å². The molecular formula is C19H19F3N4O2. The topological polar surface area (TPSA) is 69.0 Å². The van der Waals surface area contributed by atoms with Crippen molar-refractivity contribution in [3.63, 3.8) is 0 Å². The fourth-order valence-corrected chi connectivity index (χ4v) is 2.76. The van der Waals surface area contributed by atoms with E-state index in [1.54, 1.807) is 16.9 Å². The predicted molar refractivity (Wildman–Crippen MR) is 97.4 cm³/mol. The number of halogens is 3. The molecule has 1 amide bonds. The van der Waals surface area contributed by atoms with Gasteiger partial charge in [0.1, 0.15) is 0 Å². The van der Waals surface area contributed by atoms with E-state index >= 15 is 0 Å². The molecule has 0 atom stereocenters. The highest BCUT2D eigenvalue weighted by atomic mass is 19.4. The molecule has 0 bridgehead atoms. The zero-order valence-electron chi connectivity index (χ0n) is 15.2. The average molecular weight is 392 g/mol. The molecule has 2 aromatic heterocycles. The quantitative estimate of drug-likeness (QED) is 0.820. The van der Waals surface area contributed by atoms with Crippen LogP contribution >= 0.6 is 0 Å². The van der Waals surface area contributed by atoms with Crippen LogP contribution in [0.5, 0.6) is 5.88 Å². The Balaban J connectivity index is 1.79. The summed E-state index contributed by atoms with van der Waals surface area (Å²) in [6.45, 7) is 1.27. The maximum Gasteiger partial charge on any atom is 0.422 e. The Kier molecular flexibility index (Phi) is 5.81. The Hall–Kier alpha value is -3.10. The van der Waals surface area contributed by atoms with Gasteiger partial charge in [-0.2, -0.15) is 18.3 Å². The number of alkyl halides is 3. The first-order valence-electron chi connectivity index (χ1n) is 8.73. The highest BCUT2D eigenvalue weighted by Crippen LogP contribution is 2.25. The van der Waals surface area contributed by atoms with Gasteiger partial charge in [-0.3, -0.25) is 9.48 Å². The number of ether oxygens (including phenoxy) is 1. The number of pyridine rings is 1. The number of allylic oxidation sites excluding steroid dienone is 2. The third-order valence-electron chi connectivity index (χ3n) is 3.92. The van der Waals surface area contributed by atoms with Gasteiger partial charge in [-0.05, 0) is 31.1 Å². The summed E-state index contributed by atoms with van der Waals surface area (Å²) in [5.41, 5.74) is 2.61. The summed E-state index contributed by atoms with van der Waals surface area (Å²) in [6.07, 6.45) is 4.95. The third kappa shape index (κ3) is 4.99. The van der Waals surface area contributed by atoms with Gasteiger partial charge in [-0.25, -0.2) is 4.98 Å². The first kappa shape index (κ1) is 19.7. The van der Waals surface area contributed by atoms with Crippen LogP contribution in [-0.4, -0.2) is 40.0 Å². The van der Waals surface area contributed by atoms with E-state index in [-0.39, 0.29) is 11.8 Å². The molecule has 3 rings (SSSR count). The molecule has 0 radical (unpaired) electrons. The lowest BCUT2D eigenvalue weighted by Crippen LogP contribution is -2.23. The van der Waals surface area contributed by atoms with Crippen LogP contribution in [0.15, 0.2) is 36.7 Å². The van der Waals surface area contributed by atoms with Crippen LogP contribution in [0.4, 0.5) is 13.2 Å². The molecule has 28 heavy (non-hydrogen) atoms. The first-order chi connectivity index (χ1) is 13.4. The second kappa shape index (κ2) is 8.28. The summed E-state index contributed by atoms with van der Waals surface area (Å²) >= 11 is 0. The average Bonchev–Trinajstić information content (AvgIpc) is 2.91. The van der Waals surface area contributed by atoms with Gasteiger partial charge in [0.2, 0.25) is 5.88 Å². The molecule has 0 aromatic carbocycles. The van der Waals surface area contributed by atoms with Gasteiger partial charge in [0.15, 0.2) is 6.61 Å². The van der Waals surface area contributed by atoms with E-state index in [1.807, 2.05) is 25.2 Å². The van der Waals surface area contributed by atoms with Gasteiger partial charge in [0, 0.05) is 36.1 Å². The van der Waals surface area contributed by atoms with Crippen molar-refractivity contribution in [3.05, 3.63) is 53.5 Å². The van der Waals surface area contributed by atoms with Crippen molar-refractivity contribution in [2.45, 2.75) is 26.1 Å². The number of hydrogen-bond donors (Lipinski definition) is 1. The molecule has 0 fully saturated rings. The molecule has 148 valence electrons. The minimum absolute atomic E-state index is 0.105. The van der Waals surface area contributed by atoms with E-state index in [2.05, 4.69) is 20.1 Å². The summed E-state index contributed by atoms with van der Waals surface area (Å²) in [5, 5.41) is 7.27. The maximum absolute atomic E-state index is 12.3. The Morgan fingerprint density at radius 1 is 1.39 bits per heavy atom. The van der Waals surface area contributed by atoms with Crippen LogP contribution < -0.4 is 10.1 Å². The van der Waals surface area contributed by atoms with Gasteiger partial charge in [-0.1, -0.05) is 12.2 Å². The molecule has 1 N–H and O–H groups in total. The predicted octanol–water partition coefficient (Wildman–Crippen LogP) is 3.20. The normalized spacial score (nSPS) is 13.5. The summed E-state index contributed by atoms with van der Waals surface area (Å²) in [6, 6.07) is 3.11. The number of fused-ring (bicyclic) bond motifs is 1. The highest BCUT2D eigenvalue weighted by molar-refractivity contribution is 6.20. The first-order valence-corrected chi connectivity index (χ1v) is 8.73. The van der Waals surface area contributed by atoms with E-state index in [9.17, 15) is 18.0 Å². The number of aromatic nitrogens is 3. The van der Waals surface area contributed by atoms with Crippen molar-refractivity contribution in [3.8, 4) is 5.88 Å². The third-order valence-corrected chi connectivity index (χ3v) is 3.92. The number of carbonyl (C=O) groups excluding carboxylic acids is 1. The lowest BCUT2D eigenvalue weighted by atomic mass is 10.1. The Morgan fingerprint density at radius 2 is 2.21 bits per heavy atom. The SMILES string of the molecule is CCNC(=O)C1=CCC=Cc2nn(Cc3ccnc(OCC(F)(F)F)c3)cc21. The second-order valence-electron chi connectivity index (χ2n) is 6.15. The van der Waals surface area contributed by atoms with E-state index < -0.39 is 12.8 Å². The molecule has 1 aliphatic rings. The van der Waals surface area contributed by atoms with Crippen LogP contribution in [0.1, 0.15) is 30.2 Å². The number of rotatable bonds is 6. The molecule has 0 saturated heterocycles. The largest absolute Gasteiger partial charge is 0.468 e. The smallest absolute Gasteiger partial charge is 0.422 e. The Labute approximate surface area is 159 Å². The van der Waals surface area contributed by atoms with Crippen molar-refractivity contribution in [1.82, 2.24) is 20.1 Å². The summed E-state index contributed by atoms with van der Waals surface area (Å²) in [5.74, 6) is -0.273. The lowest BCUT2D eigenvalue weighted by Gasteiger charge is -2.09. The molecular weight excluding hydrogens is 373 g/mol. The maximum atomic E-state index is 12.3. The van der Waals surface area contributed by atoms with Gasteiger partial charge in [-0.15, -0.1) is 0 Å². The minimum Gasteiger partial charge on any atom is -0.468 e. The fourth-order valence-electron chi connectivity index (χ4n) is 2.76. The van der Waals surface area contributed by atoms with E-state index in [4.69, 9.17) is 0 Å². The lowest BCUT2D eigenvalue weighted by molar-refractivity contribution is -0.154. The van der Waals surface area contributed by atoms with Crippen LogP contribution in [0.25, 0.3) is 11.6 Å². The molecule has 2 aromatic rings. The number of likely N-dealkylation sites (N-methyl/N-ethyl adjacent to an activating group) is 1.